The summed E-state index contributed by atoms with van der Waals surface area (Å²) in [6, 6.07) is 0. The molecular formula is C18H31N3O2. The fourth-order valence-electron chi connectivity index (χ4n) is 4.35. The normalized spacial score (nSPS) is 26.5. The van der Waals surface area contributed by atoms with Crippen molar-refractivity contribution >= 4 is 11.8 Å². The number of nitrogens with zero attached hydrogens (tertiary/aromatic N) is 2. The molecule has 2 saturated heterocycles. The molecule has 3 aliphatic rings. The smallest absolute Gasteiger partial charge is 0.242 e. The first-order valence-electron chi connectivity index (χ1n) is 9.37. The van der Waals surface area contributed by atoms with Gasteiger partial charge >= 0.3 is 0 Å². The summed E-state index contributed by atoms with van der Waals surface area (Å²) < 4.78 is 0. The Balaban J connectivity index is 1.50. The second-order valence-electron chi connectivity index (χ2n) is 7.94. The lowest BCUT2D eigenvalue weighted by atomic mass is 9.90. The van der Waals surface area contributed by atoms with Crippen LogP contribution in [-0.2, 0) is 9.59 Å². The predicted octanol–water partition coefficient (Wildman–Crippen LogP) is 1.75. The van der Waals surface area contributed by atoms with Gasteiger partial charge in [0.1, 0.15) is 0 Å². The van der Waals surface area contributed by atoms with Gasteiger partial charge in [-0.15, -0.1) is 0 Å². The first-order valence-corrected chi connectivity index (χ1v) is 9.37. The first-order chi connectivity index (χ1) is 11.0. The van der Waals surface area contributed by atoms with Gasteiger partial charge in [-0.05, 0) is 44.4 Å². The molecule has 2 N–H and O–H groups in total. The summed E-state index contributed by atoms with van der Waals surface area (Å²) in [5.74, 6) is 1.27. The number of carbonyl (C=O) groups excluding carboxylic acids is 2. The molecule has 0 bridgehead atoms. The fourth-order valence-corrected chi connectivity index (χ4v) is 4.35. The Labute approximate surface area is 139 Å². The summed E-state index contributed by atoms with van der Waals surface area (Å²) >= 11 is 0. The molecule has 0 aromatic rings. The number of carbonyl (C=O) groups is 2. The topological polar surface area (TPSA) is 66.6 Å². The van der Waals surface area contributed by atoms with Gasteiger partial charge in [-0.2, -0.15) is 0 Å². The van der Waals surface area contributed by atoms with Crippen molar-refractivity contribution in [2.75, 3.05) is 26.2 Å². The van der Waals surface area contributed by atoms with Crippen LogP contribution in [-0.4, -0.2) is 53.3 Å². The largest absolute Gasteiger partial charge is 0.342 e. The van der Waals surface area contributed by atoms with Crippen LogP contribution in [0.3, 0.4) is 0 Å². The molecule has 0 radical (unpaired) electrons. The van der Waals surface area contributed by atoms with E-state index in [0.29, 0.717) is 19.0 Å². The Morgan fingerprint density at radius 2 is 1.43 bits per heavy atom. The average molecular weight is 321 g/mol. The van der Waals surface area contributed by atoms with Gasteiger partial charge in [0.25, 0.3) is 0 Å². The van der Waals surface area contributed by atoms with Crippen molar-refractivity contribution < 1.29 is 9.59 Å². The van der Waals surface area contributed by atoms with Crippen molar-refractivity contribution in [1.82, 2.24) is 9.80 Å². The van der Waals surface area contributed by atoms with Gasteiger partial charge in [-0.1, -0.05) is 19.8 Å². The Morgan fingerprint density at radius 3 is 2.00 bits per heavy atom. The molecule has 0 atom stereocenters. The predicted molar refractivity (Wildman–Crippen MR) is 89.7 cm³/mol. The van der Waals surface area contributed by atoms with Crippen LogP contribution in [0.2, 0.25) is 0 Å². The van der Waals surface area contributed by atoms with E-state index in [1.807, 2.05) is 9.80 Å². The fraction of sp³-hybridized carbons (Fsp3) is 0.889. The summed E-state index contributed by atoms with van der Waals surface area (Å²) in [5, 5.41) is 0. The zero-order valence-electron chi connectivity index (χ0n) is 14.4. The number of hydrogen-bond acceptors (Lipinski definition) is 3. The van der Waals surface area contributed by atoms with Gasteiger partial charge in [-0.3, -0.25) is 9.59 Å². The van der Waals surface area contributed by atoms with Gasteiger partial charge in [0.05, 0.1) is 5.54 Å². The lowest BCUT2D eigenvalue weighted by Crippen LogP contribution is -2.56. The van der Waals surface area contributed by atoms with Crippen LogP contribution in [0.1, 0.15) is 58.3 Å². The number of hydrogen-bond donors (Lipinski definition) is 1. The minimum atomic E-state index is -0.625. The number of nitrogens with two attached hydrogens (primary N) is 1. The Hall–Kier alpha value is -1.10. The molecule has 5 nitrogen and oxygen atoms in total. The Kier molecular flexibility index (Phi) is 4.95. The van der Waals surface area contributed by atoms with Crippen molar-refractivity contribution in [3.8, 4) is 0 Å². The quantitative estimate of drug-likeness (QED) is 0.842. The maximum Gasteiger partial charge on any atom is 0.242 e. The number of rotatable bonds is 2. The summed E-state index contributed by atoms with van der Waals surface area (Å²) in [6.45, 7) is 5.46. The molecule has 0 aromatic heterocycles. The molecule has 0 spiro atoms. The minimum absolute atomic E-state index is 0.102. The first kappa shape index (κ1) is 16.7. The third kappa shape index (κ3) is 3.54. The van der Waals surface area contributed by atoms with Gasteiger partial charge in [0, 0.05) is 32.1 Å². The van der Waals surface area contributed by atoms with Crippen LogP contribution in [0.5, 0.6) is 0 Å². The van der Waals surface area contributed by atoms with Gasteiger partial charge in [0.15, 0.2) is 0 Å². The minimum Gasteiger partial charge on any atom is -0.342 e. The molecular weight excluding hydrogens is 290 g/mol. The molecule has 3 rings (SSSR count). The SMILES string of the molecule is CC1CCN(C(=O)C2CCN(C(=O)C3(N)CCCC3)CC2)CC1. The van der Waals surface area contributed by atoms with E-state index in [1.165, 1.54) is 0 Å². The zero-order valence-corrected chi connectivity index (χ0v) is 14.4. The molecule has 2 aliphatic heterocycles. The van der Waals surface area contributed by atoms with E-state index in [9.17, 15) is 9.59 Å². The van der Waals surface area contributed by atoms with E-state index in [0.717, 1.165) is 70.4 Å². The van der Waals surface area contributed by atoms with Gasteiger partial charge in [0.2, 0.25) is 11.8 Å². The number of piperidine rings is 2. The Morgan fingerprint density at radius 1 is 0.913 bits per heavy atom. The van der Waals surface area contributed by atoms with Crippen LogP contribution in [0.25, 0.3) is 0 Å². The highest BCUT2D eigenvalue weighted by Crippen LogP contribution is 2.31. The van der Waals surface area contributed by atoms with E-state index in [1.54, 1.807) is 0 Å². The lowest BCUT2D eigenvalue weighted by Gasteiger charge is -2.39. The van der Waals surface area contributed by atoms with Crippen LogP contribution in [0, 0.1) is 11.8 Å². The molecule has 1 aliphatic carbocycles. The van der Waals surface area contributed by atoms with E-state index < -0.39 is 5.54 Å². The lowest BCUT2D eigenvalue weighted by molar-refractivity contribution is -0.144. The molecule has 5 heteroatoms. The summed E-state index contributed by atoms with van der Waals surface area (Å²) in [5.41, 5.74) is 5.67. The molecule has 130 valence electrons. The van der Waals surface area contributed by atoms with Crippen molar-refractivity contribution in [2.24, 2.45) is 17.6 Å². The molecule has 23 heavy (non-hydrogen) atoms. The molecule has 2 heterocycles. The molecule has 3 fully saturated rings. The highest BCUT2D eigenvalue weighted by molar-refractivity contribution is 5.87. The van der Waals surface area contributed by atoms with Crippen LogP contribution in [0.15, 0.2) is 0 Å². The summed E-state index contributed by atoms with van der Waals surface area (Å²) in [7, 11) is 0. The van der Waals surface area contributed by atoms with Crippen molar-refractivity contribution in [3.63, 3.8) is 0 Å². The van der Waals surface area contributed by atoms with E-state index in [4.69, 9.17) is 5.73 Å². The van der Waals surface area contributed by atoms with E-state index in [-0.39, 0.29) is 11.8 Å². The van der Waals surface area contributed by atoms with E-state index in [2.05, 4.69) is 6.92 Å². The monoisotopic (exact) mass is 321 g/mol. The van der Waals surface area contributed by atoms with Crippen molar-refractivity contribution in [2.45, 2.75) is 63.8 Å². The second-order valence-corrected chi connectivity index (χ2v) is 7.94. The van der Waals surface area contributed by atoms with Gasteiger partial charge < -0.3 is 15.5 Å². The standard InChI is InChI=1S/C18H31N3O2/c1-14-4-10-20(11-5-14)16(22)15-6-12-21(13-7-15)17(23)18(19)8-2-3-9-18/h14-15H,2-13,19H2,1H3. The third-order valence-corrected chi connectivity index (χ3v) is 6.15. The van der Waals surface area contributed by atoms with E-state index >= 15 is 0 Å². The van der Waals surface area contributed by atoms with Crippen LogP contribution in [0.4, 0.5) is 0 Å². The summed E-state index contributed by atoms with van der Waals surface area (Å²) in [4.78, 5) is 29.3. The van der Waals surface area contributed by atoms with Crippen molar-refractivity contribution in [1.29, 1.82) is 0 Å². The second kappa shape index (κ2) is 6.80. The van der Waals surface area contributed by atoms with Crippen LogP contribution < -0.4 is 5.73 Å². The number of amides is 2. The molecule has 0 unspecified atom stereocenters. The summed E-state index contributed by atoms with van der Waals surface area (Å²) in [6.07, 6.45) is 7.60. The van der Waals surface area contributed by atoms with Gasteiger partial charge in [-0.25, -0.2) is 0 Å². The molecule has 1 saturated carbocycles. The van der Waals surface area contributed by atoms with Crippen LogP contribution >= 0.6 is 0 Å². The maximum atomic E-state index is 12.7. The van der Waals surface area contributed by atoms with Crippen molar-refractivity contribution in [3.05, 3.63) is 0 Å². The highest BCUT2D eigenvalue weighted by Gasteiger charge is 2.41. The Bertz CT molecular complexity index is 443. The highest BCUT2D eigenvalue weighted by atomic mass is 16.2. The maximum absolute atomic E-state index is 12.7. The zero-order chi connectivity index (χ0) is 16.4. The molecule has 2 amide bonds. The average Bonchev–Trinajstić information content (AvgIpc) is 3.02. The third-order valence-electron chi connectivity index (χ3n) is 6.15. The molecule has 0 aromatic carbocycles. The number of likely N-dealkylation sites (tertiary alicyclic amines) is 2.